The molecule has 1 aliphatic heterocycles. The highest BCUT2D eigenvalue weighted by Crippen LogP contribution is 2.40. The fourth-order valence-electron chi connectivity index (χ4n) is 1.79. The van der Waals surface area contributed by atoms with E-state index in [1.54, 1.807) is 12.4 Å². The molecule has 0 bridgehead atoms. The maximum absolute atomic E-state index is 4.12. The molecule has 0 atom stereocenters. The van der Waals surface area contributed by atoms with Gasteiger partial charge in [-0.05, 0) is 12.1 Å². The topological polar surface area (TPSA) is 41.1 Å². The van der Waals surface area contributed by atoms with Crippen molar-refractivity contribution in [3.8, 4) is 0 Å². The van der Waals surface area contributed by atoms with E-state index in [0.717, 1.165) is 22.7 Å². The smallest absolute Gasteiger partial charge is 0.0834 e. The molecule has 15 heavy (non-hydrogen) atoms. The van der Waals surface area contributed by atoms with Gasteiger partial charge in [0, 0.05) is 19.4 Å². The Hall–Kier alpha value is -2.10. The molecular formula is C11H10N4. The molecule has 2 aromatic rings. The zero-order valence-electron chi connectivity index (χ0n) is 8.31. The number of hydrogen-bond acceptors (Lipinski definition) is 4. The third-order valence-electron chi connectivity index (χ3n) is 2.59. The van der Waals surface area contributed by atoms with Gasteiger partial charge in [-0.3, -0.25) is 9.97 Å². The van der Waals surface area contributed by atoms with Gasteiger partial charge in [0.05, 0.1) is 35.1 Å². The third-order valence-corrected chi connectivity index (χ3v) is 2.59. The van der Waals surface area contributed by atoms with Crippen LogP contribution in [-0.4, -0.2) is 17.0 Å². The first-order valence-electron chi connectivity index (χ1n) is 4.75. The Kier molecular flexibility index (Phi) is 1.62. The van der Waals surface area contributed by atoms with Crippen LogP contribution < -0.4 is 10.2 Å². The molecule has 1 aliphatic rings. The van der Waals surface area contributed by atoms with Crippen LogP contribution in [0.5, 0.6) is 0 Å². The van der Waals surface area contributed by atoms with E-state index in [1.807, 2.05) is 31.6 Å². The van der Waals surface area contributed by atoms with Crippen molar-refractivity contribution in [3.05, 3.63) is 36.9 Å². The van der Waals surface area contributed by atoms with Crippen molar-refractivity contribution in [2.45, 2.75) is 0 Å². The molecule has 0 saturated heterocycles. The van der Waals surface area contributed by atoms with E-state index in [1.165, 1.54) is 0 Å². The van der Waals surface area contributed by atoms with Crippen molar-refractivity contribution >= 4 is 22.7 Å². The number of anilines is 4. The fraction of sp³-hybridized carbons (Fsp3) is 0.0909. The monoisotopic (exact) mass is 198 g/mol. The van der Waals surface area contributed by atoms with Crippen molar-refractivity contribution in [1.82, 2.24) is 9.97 Å². The normalized spacial score (nSPS) is 12.7. The first-order valence-corrected chi connectivity index (χ1v) is 4.75. The van der Waals surface area contributed by atoms with Gasteiger partial charge in [-0.2, -0.15) is 0 Å². The molecule has 0 fully saturated rings. The Morgan fingerprint density at radius 2 is 1.53 bits per heavy atom. The second-order valence-corrected chi connectivity index (χ2v) is 3.47. The highest BCUT2D eigenvalue weighted by Gasteiger charge is 2.18. The summed E-state index contributed by atoms with van der Waals surface area (Å²) >= 11 is 0. The summed E-state index contributed by atoms with van der Waals surface area (Å²) in [6.07, 6.45) is 7.26. The standard InChI is InChI=1S/C11H10N4/c1-15-10-6-12-4-2-8(10)14-9-3-5-13-7-11(9)15/h2-7,14H,1H3. The molecule has 3 heterocycles. The predicted octanol–water partition coefficient (Wildman–Crippen LogP) is 2.30. The van der Waals surface area contributed by atoms with Crippen LogP contribution in [-0.2, 0) is 0 Å². The average molecular weight is 198 g/mol. The Bertz CT molecular complexity index is 464. The second-order valence-electron chi connectivity index (χ2n) is 3.47. The highest BCUT2D eigenvalue weighted by molar-refractivity contribution is 5.90. The second kappa shape index (κ2) is 2.95. The molecule has 0 spiro atoms. The molecule has 0 aliphatic carbocycles. The van der Waals surface area contributed by atoms with Gasteiger partial charge in [-0.15, -0.1) is 0 Å². The van der Waals surface area contributed by atoms with Crippen LogP contribution in [0, 0.1) is 0 Å². The van der Waals surface area contributed by atoms with Crippen LogP contribution in [0.1, 0.15) is 0 Å². The molecule has 0 unspecified atom stereocenters. The summed E-state index contributed by atoms with van der Waals surface area (Å²) in [5.41, 5.74) is 4.29. The zero-order chi connectivity index (χ0) is 10.3. The first kappa shape index (κ1) is 8.23. The van der Waals surface area contributed by atoms with Crippen LogP contribution in [0.25, 0.3) is 0 Å². The number of nitrogens with one attached hydrogen (secondary N) is 1. The quantitative estimate of drug-likeness (QED) is 0.705. The molecule has 0 aromatic carbocycles. The van der Waals surface area contributed by atoms with Crippen molar-refractivity contribution in [3.63, 3.8) is 0 Å². The Balaban J connectivity index is 2.20. The maximum Gasteiger partial charge on any atom is 0.0834 e. The fourth-order valence-corrected chi connectivity index (χ4v) is 1.79. The first-order chi connectivity index (χ1) is 7.36. The Morgan fingerprint density at radius 3 is 2.07 bits per heavy atom. The molecule has 0 radical (unpaired) electrons. The summed E-state index contributed by atoms with van der Waals surface area (Å²) in [6.45, 7) is 0. The number of aromatic nitrogens is 2. The molecular weight excluding hydrogens is 188 g/mol. The summed E-state index contributed by atoms with van der Waals surface area (Å²) in [7, 11) is 2.02. The van der Waals surface area contributed by atoms with E-state index < -0.39 is 0 Å². The molecule has 74 valence electrons. The van der Waals surface area contributed by atoms with E-state index in [-0.39, 0.29) is 0 Å². The summed E-state index contributed by atoms with van der Waals surface area (Å²) in [6, 6.07) is 3.93. The SMILES string of the molecule is CN1c2cnccc2Nc2ccncc21. The van der Waals surface area contributed by atoms with Gasteiger partial charge in [-0.25, -0.2) is 0 Å². The number of nitrogens with zero attached hydrogens (tertiary/aromatic N) is 3. The molecule has 1 N–H and O–H groups in total. The van der Waals surface area contributed by atoms with Crippen molar-refractivity contribution < 1.29 is 0 Å². The molecule has 3 rings (SSSR count). The van der Waals surface area contributed by atoms with Crippen LogP contribution >= 0.6 is 0 Å². The molecule has 2 aromatic heterocycles. The highest BCUT2D eigenvalue weighted by atomic mass is 15.2. The molecule has 4 heteroatoms. The van der Waals surface area contributed by atoms with E-state index in [9.17, 15) is 0 Å². The van der Waals surface area contributed by atoms with Crippen LogP contribution in [0.3, 0.4) is 0 Å². The lowest BCUT2D eigenvalue weighted by Crippen LogP contribution is -2.17. The van der Waals surface area contributed by atoms with Crippen molar-refractivity contribution in [2.24, 2.45) is 0 Å². The largest absolute Gasteiger partial charge is 0.352 e. The van der Waals surface area contributed by atoms with Crippen molar-refractivity contribution in [1.29, 1.82) is 0 Å². The predicted molar refractivity (Wildman–Crippen MR) is 59.8 cm³/mol. The maximum atomic E-state index is 4.12. The number of rotatable bonds is 0. The molecule has 4 nitrogen and oxygen atoms in total. The van der Waals surface area contributed by atoms with E-state index in [4.69, 9.17) is 0 Å². The molecule has 0 amide bonds. The summed E-state index contributed by atoms with van der Waals surface area (Å²) in [5, 5.41) is 3.35. The van der Waals surface area contributed by atoms with Gasteiger partial charge < -0.3 is 10.2 Å². The zero-order valence-corrected chi connectivity index (χ0v) is 8.31. The Labute approximate surface area is 87.6 Å². The summed E-state index contributed by atoms with van der Waals surface area (Å²) in [4.78, 5) is 10.3. The van der Waals surface area contributed by atoms with Gasteiger partial charge >= 0.3 is 0 Å². The van der Waals surface area contributed by atoms with Gasteiger partial charge in [0.2, 0.25) is 0 Å². The minimum Gasteiger partial charge on any atom is -0.352 e. The number of pyridine rings is 2. The summed E-state index contributed by atoms with van der Waals surface area (Å²) in [5.74, 6) is 0. The van der Waals surface area contributed by atoms with E-state index >= 15 is 0 Å². The van der Waals surface area contributed by atoms with Crippen LogP contribution in [0.15, 0.2) is 36.9 Å². The average Bonchev–Trinajstić information content (AvgIpc) is 2.30. The lowest BCUT2D eigenvalue weighted by molar-refractivity contribution is 1.13. The van der Waals surface area contributed by atoms with Gasteiger partial charge in [0.1, 0.15) is 0 Å². The van der Waals surface area contributed by atoms with E-state index in [2.05, 4.69) is 20.2 Å². The minimum absolute atomic E-state index is 1.07. The lowest BCUT2D eigenvalue weighted by atomic mass is 10.2. The van der Waals surface area contributed by atoms with Crippen LogP contribution in [0.4, 0.5) is 22.7 Å². The summed E-state index contributed by atoms with van der Waals surface area (Å²) < 4.78 is 0. The van der Waals surface area contributed by atoms with Crippen molar-refractivity contribution in [2.75, 3.05) is 17.3 Å². The van der Waals surface area contributed by atoms with Crippen LogP contribution in [0.2, 0.25) is 0 Å². The minimum atomic E-state index is 1.07. The Morgan fingerprint density at radius 1 is 1.00 bits per heavy atom. The number of fused-ring (bicyclic) bond motifs is 2. The van der Waals surface area contributed by atoms with E-state index in [0.29, 0.717) is 0 Å². The third kappa shape index (κ3) is 1.15. The van der Waals surface area contributed by atoms with Gasteiger partial charge in [0.15, 0.2) is 0 Å². The van der Waals surface area contributed by atoms with Gasteiger partial charge in [-0.1, -0.05) is 0 Å². The van der Waals surface area contributed by atoms with Gasteiger partial charge in [0.25, 0.3) is 0 Å². The lowest BCUT2D eigenvalue weighted by Gasteiger charge is -2.29. The molecule has 0 saturated carbocycles. The number of hydrogen-bond donors (Lipinski definition) is 1.